The van der Waals surface area contributed by atoms with E-state index in [2.05, 4.69) is 10.6 Å². The Morgan fingerprint density at radius 3 is 2.06 bits per heavy atom. The van der Waals surface area contributed by atoms with E-state index in [4.69, 9.17) is 0 Å². The average Bonchev–Trinajstić information content (AvgIpc) is 3.23. The van der Waals surface area contributed by atoms with Gasteiger partial charge in [0.1, 0.15) is 5.66 Å². The Morgan fingerprint density at radius 1 is 0.906 bits per heavy atom. The van der Waals surface area contributed by atoms with Crippen LogP contribution in [0, 0.1) is 5.92 Å². The molecule has 1 aromatic heterocycles. The van der Waals surface area contributed by atoms with E-state index in [-0.39, 0.29) is 18.2 Å². The maximum atomic E-state index is 12.6. The van der Waals surface area contributed by atoms with Crippen LogP contribution in [-0.4, -0.2) is 27.3 Å². The summed E-state index contributed by atoms with van der Waals surface area (Å²) < 4.78 is 11.7. The summed E-state index contributed by atoms with van der Waals surface area (Å²) in [5.74, 6) is -1.01. The van der Waals surface area contributed by atoms with Crippen LogP contribution in [0.1, 0.15) is 29.9 Å². The van der Waals surface area contributed by atoms with Crippen LogP contribution in [0.25, 0.3) is 10.4 Å². The van der Waals surface area contributed by atoms with Gasteiger partial charge < -0.3 is 20.4 Å². The molecule has 3 rings (SSSR count). The number of rotatable bonds is 8. The van der Waals surface area contributed by atoms with Gasteiger partial charge in [0.25, 0.3) is 5.91 Å². The van der Waals surface area contributed by atoms with Gasteiger partial charge in [-0.05, 0) is 54.3 Å². The van der Waals surface area contributed by atoms with Crippen LogP contribution < -0.4 is 10.6 Å². The van der Waals surface area contributed by atoms with E-state index >= 15 is 0 Å². The number of carbonyl (C=O) groups excluding carboxylic acids is 2. The Hall–Kier alpha value is -2.77. The number of benzene rings is 2. The number of nitrogens with one attached hydrogen (secondary N) is 2. The van der Waals surface area contributed by atoms with E-state index < -0.39 is 19.2 Å². The van der Waals surface area contributed by atoms with E-state index in [0.717, 1.165) is 10.4 Å². The summed E-state index contributed by atoms with van der Waals surface area (Å²) in [6.45, 7) is 3.59. The summed E-state index contributed by atoms with van der Waals surface area (Å²) in [5.41, 5.74) is 0.566. The second-order valence-electron chi connectivity index (χ2n) is 7.79. The second kappa shape index (κ2) is 10.2. The third-order valence-corrected chi connectivity index (χ3v) is 7.09. The van der Waals surface area contributed by atoms with Crippen molar-refractivity contribution in [2.45, 2.75) is 25.9 Å². The normalized spacial score (nSPS) is 12.4. The summed E-state index contributed by atoms with van der Waals surface area (Å²) in [5, 5.41) is 5.36. The lowest BCUT2D eigenvalue weighted by atomic mass is 10.1. The van der Waals surface area contributed by atoms with E-state index in [9.17, 15) is 23.9 Å². The minimum absolute atomic E-state index is 0.0457. The van der Waals surface area contributed by atoms with Gasteiger partial charge in [0.05, 0.1) is 4.88 Å². The van der Waals surface area contributed by atoms with Crippen molar-refractivity contribution in [1.82, 2.24) is 0 Å². The van der Waals surface area contributed by atoms with Gasteiger partial charge in [-0.15, -0.1) is 11.3 Å². The molecule has 2 amide bonds. The Morgan fingerprint density at radius 2 is 1.50 bits per heavy atom. The zero-order chi connectivity index (χ0) is 23.3. The van der Waals surface area contributed by atoms with Gasteiger partial charge >= 0.3 is 7.60 Å². The molecule has 0 aliphatic heterocycles. The molecular formula is C23H25N2O5PS. The molecule has 9 heteroatoms. The highest BCUT2D eigenvalue weighted by Gasteiger charge is 2.36. The number of hydrogen-bond donors (Lipinski definition) is 4. The third kappa shape index (κ3) is 6.37. The van der Waals surface area contributed by atoms with Gasteiger partial charge in [0, 0.05) is 16.3 Å². The van der Waals surface area contributed by atoms with Crippen molar-refractivity contribution in [3.63, 3.8) is 0 Å². The Balaban J connectivity index is 1.63. The second-order valence-corrected chi connectivity index (χ2v) is 10.7. The average molecular weight is 473 g/mol. The maximum absolute atomic E-state index is 12.6. The lowest BCUT2D eigenvalue weighted by molar-refractivity contribution is -0.116. The van der Waals surface area contributed by atoms with Gasteiger partial charge in [-0.25, -0.2) is 0 Å². The van der Waals surface area contributed by atoms with Gasteiger partial charge in [0.15, 0.2) is 0 Å². The molecule has 7 nitrogen and oxygen atoms in total. The van der Waals surface area contributed by atoms with Gasteiger partial charge in [-0.3, -0.25) is 14.2 Å². The predicted octanol–water partition coefficient (Wildman–Crippen LogP) is 5.20. The molecule has 0 radical (unpaired) electrons. The van der Waals surface area contributed by atoms with E-state index in [1.807, 2.05) is 36.4 Å². The number of amides is 2. The molecule has 1 unspecified atom stereocenters. The fourth-order valence-corrected chi connectivity index (χ4v) is 5.09. The number of carbonyl (C=O) groups is 2. The first-order chi connectivity index (χ1) is 15.1. The quantitative estimate of drug-likeness (QED) is 0.337. The molecule has 168 valence electrons. The molecule has 0 spiro atoms. The highest BCUT2D eigenvalue weighted by Crippen LogP contribution is 2.44. The Kier molecular flexibility index (Phi) is 7.64. The predicted molar refractivity (Wildman–Crippen MR) is 128 cm³/mol. The molecule has 0 saturated heterocycles. The van der Waals surface area contributed by atoms with Crippen molar-refractivity contribution in [3.8, 4) is 10.4 Å². The van der Waals surface area contributed by atoms with Crippen molar-refractivity contribution in [2.24, 2.45) is 5.92 Å². The van der Waals surface area contributed by atoms with Gasteiger partial charge in [-0.2, -0.15) is 0 Å². The van der Waals surface area contributed by atoms with Crippen molar-refractivity contribution in [3.05, 3.63) is 71.6 Å². The Labute approximate surface area is 190 Å². The number of anilines is 2. The lowest BCUT2D eigenvalue weighted by Gasteiger charge is -2.19. The molecule has 0 saturated carbocycles. The molecular weight excluding hydrogens is 447 g/mol. The summed E-state index contributed by atoms with van der Waals surface area (Å²) in [6.07, 6.45) is 0.0794. The van der Waals surface area contributed by atoms with Crippen molar-refractivity contribution < 1.29 is 23.9 Å². The number of hydrogen-bond acceptors (Lipinski definition) is 4. The fourth-order valence-electron chi connectivity index (χ4n) is 3.12. The van der Waals surface area contributed by atoms with E-state index in [0.29, 0.717) is 16.3 Å². The molecule has 0 bridgehead atoms. The zero-order valence-electron chi connectivity index (χ0n) is 17.7. The monoisotopic (exact) mass is 472 g/mol. The number of thiophene rings is 1. The van der Waals surface area contributed by atoms with Crippen molar-refractivity contribution in [2.75, 3.05) is 10.6 Å². The van der Waals surface area contributed by atoms with Crippen LogP contribution in [0.4, 0.5) is 11.4 Å². The van der Waals surface area contributed by atoms with Crippen LogP contribution in [0.3, 0.4) is 0 Å². The first-order valence-corrected chi connectivity index (χ1v) is 12.6. The van der Waals surface area contributed by atoms with Crippen molar-refractivity contribution >= 4 is 42.1 Å². The van der Waals surface area contributed by atoms with Crippen molar-refractivity contribution in [1.29, 1.82) is 0 Å². The molecule has 1 heterocycles. The zero-order valence-corrected chi connectivity index (χ0v) is 19.4. The highest BCUT2D eigenvalue weighted by atomic mass is 32.1. The Bertz CT molecular complexity index is 1120. The van der Waals surface area contributed by atoms with E-state index in [1.54, 1.807) is 44.2 Å². The van der Waals surface area contributed by atoms with Gasteiger partial charge in [-0.1, -0.05) is 44.2 Å². The molecule has 0 fully saturated rings. The molecule has 32 heavy (non-hydrogen) atoms. The first kappa shape index (κ1) is 23.9. The maximum Gasteiger partial charge on any atom is 0.337 e. The molecule has 0 aliphatic carbocycles. The SMILES string of the molecule is CC(C)CC(C(=O)Nc1ccc(NC(=O)c2ccc(-c3ccccc3)s2)cc1)P(=O)(O)O. The molecule has 0 aliphatic rings. The summed E-state index contributed by atoms with van der Waals surface area (Å²) in [7, 11) is -4.57. The van der Waals surface area contributed by atoms with Crippen LogP contribution in [0.5, 0.6) is 0 Å². The summed E-state index contributed by atoms with van der Waals surface area (Å²) >= 11 is 1.39. The minimum Gasteiger partial charge on any atom is -0.325 e. The fraction of sp³-hybridized carbons (Fsp3) is 0.217. The topological polar surface area (TPSA) is 116 Å². The van der Waals surface area contributed by atoms with E-state index in [1.165, 1.54) is 11.3 Å². The third-order valence-electron chi connectivity index (χ3n) is 4.70. The summed E-state index contributed by atoms with van der Waals surface area (Å²) in [6, 6.07) is 19.9. The first-order valence-electron chi connectivity index (χ1n) is 10.1. The van der Waals surface area contributed by atoms with Gasteiger partial charge in [0.2, 0.25) is 5.91 Å². The molecule has 1 atom stereocenters. The highest BCUT2D eigenvalue weighted by molar-refractivity contribution is 7.53. The largest absolute Gasteiger partial charge is 0.337 e. The summed E-state index contributed by atoms with van der Waals surface area (Å²) in [4.78, 5) is 45.5. The smallest absolute Gasteiger partial charge is 0.325 e. The molecule has 4 N–H and O–H groups in total. The standard InChI is InChI=1S/C23H25N2O5PS/c1-15(2)14-19(31(28,29)30)22(26)24-17-8-10-18(11-9-17)25-23(27)21-13-12-20(32-21)16-6-4-3-5-7-16/h3-13,15,19H,14H2,1-2H3,(H,24,26)(H,25,27)(H2,28,29,30). The molecule has 3 aromatic rings. The van der Waals surface area contributed by atoms with Crippen LogP contribution in [-0.2, 0) is 9.36 Å². The minimum atomic E-state index is -4.57. The van der Waals surface area contributed by atoms with Crippen LogP contribution >= 0.6 is 18.9 Å². The lowest BCUT2D eigenvalue weighted by Crippen LogP contribution is -2.29. The van der Waals surface area contributed by atoms with Crippen LogP contribution in [0.2, 0.25) is 0 Å². The van der Waals surface area contributed by atoms with Crippen LogP contribution in [0.15, 0.2) is 66.7 Å². The molecule has 2 aromatic carbocycles.